The summed E-state index contributed by atoms with van der Waals surface area (Å²) in [6.45, 7) is 4.12. The van der Waals surface area contributed by atoms with Gasteiger partial charge >= 0.3 is 0 Å². The lowest BCUT2D eigenvalue weighted by Gasteiger charge is -2.09. The molecule has 0 fully saturated rings. The van der Waals surface area contributed by atoms with E-state index in [9.17, 15) is 0 Å². The lowest BCUT2D eigenvalue weighted by atomic mass is 10.2. The minimum atomic E-state index is 0.815. The molecule has 18 heavy (non-hydrogen) atoms. The van der Waals surface area contributed by atoms with Crippen LogP contribution in [0, 0.1) is 6.92 Å². The second kappa shape index (κ2) is 5.49. The van der Waals surface area contributed by atoms with Gasteiger partial charge in [0.1, 0.15) is 17.5 Å². The molecule has 0 radical (unpaired) electrons. The normalized spacial score (nSPS) is 10.2. The van der Waals surface area contributed by atoms with Crippen molar-refractivity contribution in [3.8, 4) is 0 Å². The number of anilines is 3. The summed E-state index contributed by atoms with van der Waals surface area (Å²) < 4.78 is 0. The van der Waals surface area contributed by atoms with Crippen LogP contribution in [0.3, 0.4) is 0 Å². The third-order valence-electron chi connectivity index (χ3n) is 2.67. The zero-order chi connectivity index (χ0) is 13.0. The highest BCUT2D eigenvalue weighted by Gasteiger charge is 2.02. The standard InChI is InChI=1S/C14H18N4/c1-4-12-17-13(15-3)9-14(18-12)16-11-7-5-10(2)6-8-11/h5-9H,4H2,1-3H3,(H2,15,16,17,18). The number of hydrogen-bond acceptors (Lipinski definition) is 4. The average Bonchev–Trinajstić information content (AvgIpc) is 2.41. The quantitative estimate of drug-likeness (QED) is 0.864. The molecule has 0 spiro atoms. The minimum absolute atomic E-state index is 0.815. The SMILES string of the molecule is CCc1nc(NC)cc(Nc2ccc(C)cc2)n1. The molecule has 4 heteroatoms. The molecule has 2 rings (SSSR count). The lowest BCUT2D eigenvalue weighted by molar-refractivity contribution is 0.945. The molecule has 94 valence electrons. The molecule has 1 aromatic heterocycles. The maximum absolute atomic E-state index is 4.46. The first-order valence-electron chi connectivity index (χ1n) is 6.10. The van der Waals surface area contributed by atoms with Crippen LogP contribution in [-0.4, -0.2) is 17.0 Å². The summed E-state index contributed by atoms with van der Waals surface area (Å²) in [5.41, 5.74) is 2.27. The smallest absolute Gasteiger partial charge is 0.136 e. The molecule has 0 saturated heterocycles. The molecule has 0 aliphatic heterocycles. The van der Waals surface area contributed by atoms with E-state index in [1.54, 1.807) is 0 Å². The second-order valence-corrected chi connectivity index (χ2v) is 4.15. The van der Waals surface area contributed by atoms with Crippen molar-refractivity contribution in [3.05, 3.63) is 41.7 Å². The van der Waals surface area contributed by atoms with E-state index in [4.69, 9.17) is 0 Å². The second-order valence-electron chi connectivity index (χ2n) is 4.15. The van der Waals surface area contributed by atoms with Gasteiger partial charge in [0.2, 0.25) is 0 Å². The van der Waals surface area contributed by atoms with Crippen molar-refractivity contribution >= 4 is 17.3 Å². The molecule has 0 bridgehead atoms. The van der Waals surface area contributed by atoms with Crippen LogP contribution in [0.25, 0.3) is 0 Å². The first kappa shape index (κ1) is 12.4. The number of aryl methyl sites for hydroxylation is 2. The molecule has 0 aliphatic rings. The van der Waals surface area contributed by atoms with Gasteiger partial charge in [0.15, 0.2) is 0 Å². The summed E-state index contributed by atoms with van der Waals surface area (Å²) >= 11 is 0. The molecule has 0 aliphatic carbocycles. The molecule has 0 atom stereocenters. The van der Waals surface area contributed by atoms with Crippen LogP contribution < -0.4 is 10.6 Å². The van der Waals surface area contributed by atoms with Crippen LogP contribution in [0.1, 0.15) is 18.3 Å². The average molecular weight is 242 g/mol. The zero-order valence-corrected chi connectivity index (χ0v) is 11.0. The van der Waals surface area contributed by atoms with E-state index in [-0.39, 0.29) is 0 Å². The Kier molecular flexibility index (Phi) is 3.77. The Bertz CT molecular complexity index is 498. The van der Waals surface area contributed by atoms with Gasteiger partial charge in [0.05, 0.1) is 0 Å². The Hall–Kier alpha value is -2.10. The highest BCUT2D eigenvalue weighted by Crippen LogP contribution is 2.17. The fourth-order valence-electron chi connectivity index (χ4n) is 1.63. The van der Waals surface area contributed by atoms with Gasteiger partial charge in [-0.05, 0) is 19.1 Å². The summed E-state index contributed by atoms with van der Waals surface area (Å²) in [5.74, 6) is 2.47. The van der Waals surface area contributed by atoms with Crippen molar-refractivity contribution in [3.63, 3.8) is 0 Å². The van der Waals surface area contributed by atoms with Gasteiger partial charge in [-0.3, -0.25) is 0 Å². The number of nitrogens with zero attached hydrogens (tertiary/aromatic N) is 2. The molecular weight excluding hydrogens is 224 g/mol. The number of rotatable bonds is 4. The summed E-state index contributed by atoms with van der Waals surface area (Å²) in [7, 11) is 1.86. The monoisotopic (exact) mass is 242 g/mol. The van der Waals surface area contributed by atoms with Crippen molar-refractivity contribution in [2.24, 2.45) is 0 Å². The van der Waals surface area contributed by atoms with Crippen molar-refractivity contribution in [2.75, 3.05) is 17.7 Å². The molecule has 0 unspecified atom stereocenters. The molecule has 4 nitrogen and oxygen atoms in total. The highest BCUT2D eigenvalue weighted by molar-refractivity contribution is 5.59. The summed E-state index contributed by atoms with van der Waals surface area (Å²) in [6.07, 6.45) is 0.818. The predicted octanol–water partition coefficient (Wildman–Crippen LogP) is 3.13. The van der Waals surface area contributed by atoms with E-state index in [0.29, 0.717) is 0 Å². The Morgan fingerprint density at radius 3 is 2.33 bits per heavy atom. The van der Waals surface area contributed by atoms with Gasteiger partial charge in [-0.25, -0.2) is 9.97 Å². The minimum Gasteiger partial charge on any atom is -0.373 e. The van der Waals surface area contributed by atoms with Crippen LogP contribution in [-0.2, 0) is 6.42 Å². The van der Waals surface area contributed by atoms with E-state index >= 15 is 0 Å². The van der Waals surface area contributed by atoms with Crippen LogP contribution in [0.5, 0.6) is 0 Å². The Morgan fingerprint density at radius 1 is 1.06 bits per heavy atom. The fraction of sp³-hybridized carbons (Fsp3) is 0.286. The largest absolute Gasteiger partial charge is 0.373 e. The molecule has 1 aromatic carbocycles. The number of aromatic nitrogens is 2. The van der Waals surface area contributed by atoms with E-state index < -0.39 is 0 Å². The highest BCUT2D eigenvalue weighted by atomic mass is 15.1. The van der Waals surface area contributed by atoms with Crippen molar-refractivity contribution < 1.29 is 0 Å². The number of hydrogen-bond donors (Lipinski definition) is 2. The maximum atomic E-state index is 4.46. The lowest BCUT2D eigenvalue weighted by Crippen LogP contribution is -2.03. The number of benzene rings is 1. The Labute approximate surface area is 107 Å². The summed E-state index contributed by atoms with van der Waals surface area (Å²) in [4.78, 5) is 8.82. The van der Waals surface area contributed by atoms with E-state index in [1.807, 2.05) is 32.2 Å². The van der Waals surface area contributed by atoms with Gasteiger partial charge in [-0.15, -0.1) is 0 Å². The predicted molar refractivity (Wildman–Crippen MR) is 75.4 cm³/mol. The van der Waals surface area contributed by atoms with Gasteiger partial charge in [-0.2, -0.15) is 0 Å². The molecule has 1 heterocycles. The van der Waals surface area contributed by atoms with E-state index in [0.717, 1.165) is 29.6 Å². The number of nitrogens with one attached hydrogen (secondary N) is 2. The molecular formula is C14H18N4. The molecule has 2 N–H and O–H groups in total. The van der Waals surface area contributed by atoms with Crippen LogP contribution in [0.2, 0.25) is 0 Å². The Morgan fingerprint density at radius 2 is 1.72 bits per heavy atom. The first-order chi connectivity index (χ1) is 8.71. The topological polar surface area (TPSA) is 49.8 Å². The van der Waals surface area contributed by atoms with Crippen LogP contribution in [0.4, 0.5) is 17.3 Å². The van der Waals surface area contributed by atoms with Gasteiger partial charge in [0, 0.05) is 25.2 Å². The third-order valence-corrected chi connectivity index (χ3v) is 2.67. The fourth-order valence-corrected chi connectivity index (χ4v) is 1.63. The van der Waals surface area contributed by atoms with E-state index in [1.165, 1.54) is 5.56 Å². The third kappa shape index (κ3) is 2.97. The summed E-state index contributed by atoms with van der Waals surface area (Å²) in [6, 6.07) is 10.1. The maximum Gasteiger partial charge on any atom is 0.136 e. The van der Waals surface area contributed by atoms with Crippen molar-refractivity contribution in [2.45, 2.75) is 20.3 Å². The van der Waals surface area contributed by atoms with E-state index in [2.05, 4.69) is 39.7 Å². The zero-order valence-electron chi connectivity index (χ0n) is 11.0. The van der Waals surface area contributed by atoms with Crippen molar-refractivity contribution in [1.82, 2.24) is 9.97 Å². The summed E-state index contributed by atoms with van der Waals surface area (Å²) in [5, 5.41) is 6.34. The first-order valence-corrected chi connectivity index (χ1v) is 6.10. The van der Waals surface area contributed by atoms with Gasteiger partial charge in [0.25, 0.3) is 0 Å². The van der Waals surface area contributed by atoms with Gasteiger partial charge in [-0.1, -0.05) is 24.6 Å². The molecule has 0 saturated carbocycles. The Balaban J connectivity index is 2.25. The molecule has 0 amide bonds. The van der Waals surface area contributed by atoms with Crippen LogP contribution in [0.15, 0.2) is 30.3 Å². The van der Waals surface area contributed by atoms with Gasteiger partial charge < -0.3 is 10.6 Å². The molecule has 2 aromatic rings. The van der Waals surface area contributed by atoms with Crippen LogP contribution >= 0.6 is 0 Å². The van der Waals surface area contributed by atoms with Crippen molar-refractivity contribution in [1.29, 1.82) is 0 Å².